The van der Waals surface area contributed by atoms with Gasteiger partial charge >= 0.3 is 6.36 Å². The number of hydrogen-bond acceptors (Lipinski definition) is 2. The van der Waals surface area contributed by atoms with Crippen LogP contribution >= 0.6 is 15.9 Å². The second-order valence-electron chi connectivity index (χ2n) is 4.31. The zero-order chi connectivity index (χ0) is 14.7. The fourth-order valence-electron chi connectivity index (χ4n) is 1.26. The summed E-state index contributed by atoms with van der Waals surface area (Å²) >= 11 is 3.16. The standard InChI is InChI=1S/C12H13BrF3NO2/c1-11(2,13)10(18)17-7-8-5-3-4-6-9(8)19-12(14,15)16/h3-6H,7H2,1-2H3,(H,17,18). The van der Waals surface area contributed by atoms with E-state index in [0.29, 0.717) is 0 Å². The highest BCUT2D eigenvalue weighted by atomic mass is 79.9. The molecule has 1 N–H and O–H groups in total. The predicted octanol–water partition coefficient (Wildman–Crippen LogP) is 3.37. The van der Waals surface area contributed by atoms with Crippen LogP contribution in [0.25, 0.3) is 0 Å². The van der Waals surface area contributed by atoms with Crippen LogP contribution in [0.2, 0.25) is 0 Å². The third kappa shape index (κ3) is 5.50. The van der Waals surface area contributed by atoms with Gasteiger partial charge in [-0.15, -0.1) is 13.2 Å². The van der Waals surface area contributed by atoms with Crippen LogP contribution in [0.5, 0.6) is 5.75 Å². The molecule has 106 valence electrons. The topological polar surface area (TPSA) is 38.3 Å². The van der Waals surface area contributed by atoms with Crippen molar-refractivity contribution in [2.75, 3.05) is 0 Å². The van der Waals surface area contributed by atoms with Gasteiger partial charge in [0.15, 0.2) is 0 Å². The van der Waals surface area contributed by atoms with Crippen molar-refractivity contribution < 1.29 is 22.7 Å². The summed E-state index contributed by atoms with van der Waals surface area (Å²) in [6.07, 6.45) is -4.76. The number of alkyl halides is 4. The SMILES string of the molecule is CC(C)(Br)C(=O)NCc1ccccc1OC(F)(F)F. The van der Waals surface area contributed by atoms with Crippen molar-refractivity contribution in [3.63, 3.8) is 0 Å². The first-order valence-corrected chi connectivity index (χ1v) is 6.20. The number of nitrogens with one attached hydrogen (secondary N) is 1. The van der Waals surface area contributed by atoms with Gasteiger partial charge in [0.25, 0.3) is 0 Å². The normalized spacial score (nSPS) is 12.1. The van der Waals surface area contributed by atoms with Crippen LogP contribution in [0.15, 0.2) is 24.3 Å². The van der Waals surface area contributed by atoms with Crippen molar-refractivity contribution in [3.8, 4) is 5.75 Å². The van der Waals surface area contributed by atoms with Crippen LogP contribution in [0.3, 0.4) is 0 Å². The summed E-state index contributed by atoms with van der Waals surface area (Å²) < 4.78 is 39.7. The summed E-state index contributed by atoms with van der Waals surface area (Å²) in [5, 5.41) is 2.53. The average molecular weight is 340 g/mol. The third-order valence-electron chi connectivity index (χ3n) is 2.18. The summed E-state index contributed by atoms with van der Waals surface area (Å²) in [6.45, 7) is 3.24. The van der Waals surface area contributed by atoms with E-state index >= 15 is 0 Å². The summed E-state index contributed by atoms with van der Waals surface area (Å²) in [5.41, 5.74) is 0.255. The number of para-hydroxylation sites is 1. The van der Waals surface area contributed by atoms with Gasteiger partial charge in [0.1, 0.15) is 5.75 Å². The molecule has 0 fully saturated rings. The first-order chi connectivity index (χ1) is 8.59. The molecule has 0 aliphatic carbocycles. The minimum absolute atomic E-state index is 0.0416. The summed E-state index contributed by atoms with van der Waals surface area (Å²) in [7, 11) is 0. The number of rotatable bonds is 4. The molecule has 0 atom stereocenters. The maximum atomic E-state index is 12.2. The van der Waals surface area contributed by atoms with Crippen LogP contribution in [0, 0.1) is 0 Å². The minimum Gasteiger partial charge on any atom is -0.405 e. The summed E-state index contributed by atoms with van der Waals surface area (Å²) in [6, 6.07) is 5.67. The Kier molecular flexibility index (Phi) is 4.84. The van der Waals surface area contributed by atoms with Crippen molar-refractivity contribution in [2.24, 2.45) is 0 Å². The molecule has 0 radical (unpaired) electrons. The van der Waals surface area contributed by atoms with Gasteiger partial charge in [0.05, 0.1) is 4.32 Å². The molecule has 7 heteroatoms. The largest absolute Gasteiger partial charge is 0.573 e. The number of carbonyl (C=O) groups is 1. The predicted molar refractivity (Wildman–Crippen MR) is 68.0 cm³/mol. The highest BCUT2D eigenvalue weighted by Gasteiger charge is 2.32. The Labute approximate surface area is 117 Å². The van der Waals surface area contributed by atoms with Gasteiger partial charge in [-0.25, -0.2) is 0 Å². The lowest BCUT2D eigenvalue weighted by molar-refractivity contribution is -0.274. The van der Waals surface area contributed by atoms with Crippen molar-refractivity contribution in [1.29, 1.82) is 0 Å². The zero-order valence-electron chi connectivity index (χ0n) is 10.3. The maximum absolute atomic E-state index is 12.2. The van der Waals surface area contributed by atoms with E-state index in [2.05, 4.69) is 26.0 Å². The quantitative estimate of drug-likeness (QED) is 0.854. The highest BCUT2D eigenvalue weighted by molar-refractivity contribution is 9.10. The number of carbonyl (C=O) groups excluding carboxylic acids is 1. The number of benzene rings is 1. The molecule has 0 unspecified atom stereocenters. The van der Waals surface area contributed by atoms with E-state index in [0.717, 1.165) is 0 Å². The van der Waals surface area contributed by atoms with Gasteiger partial charge in [-0.1, -0.05) is 34.1 Å². The number of amides is 1. The van der Waals surface area contributed by atoms with Crippen LogP contribution in [-0.2, 0) is 11.3 Å². The minimum atomic E-state index is -4.76. The van der Waals surface area contributed by atoms with E-state index in [1.807, 2.05) is 0 Å². The van der Waals surface area contributed by atoms with Gasteiger partial charge < -0.3 is 10.1 Å². The van der Waals surface area contributed by atoms with Crippen LogP contribution < -0.4 is 10.1 Å². The van der Waals surface area contributed by atoms with Crippen LogP contribution in [-0.4, -0.2) is 16.6 Å². The molecule has 3 nitrogen and oxygen atoms in total. The molecule has 0 heterocycles. The molecule has 0 aromatic heterocycles. The Morgan fingerprint density at radius 2 is 1.89 bits per heavy atom. The number of ether oxygens (including phenoxy) is 1. The Morgan fingerprint density at radius 3 is 2.42 bits per heavy atom. The molecule has 1 aromatic carbocycles. The Morgan fingerprint density at radius 1 is 1.32 bits per heavy atom. The Balaban J connectivity index is 2.77. The lowest BCUT2D eigenvalue weighted by Gasteiger charge is -2.17. The van der Waals surface area contributed by atoms with E-state index in [-0.39, 0.29) is 23.8 Å². The molecule has 0 aliphatic rings. The molecule has 19 heavy (non-hydrogen) atoms. The van der Waals surface area contributed by atoms with Crippen LogP contribution in [0.1, 0.15) is 19.4 Å². The third-order valence-corrected chi connectivity index (χ3v) is 2.54. The van der Waals surface area contributed by atoms with E-state index in [1.54, 1.807) is 19.9 Å². The van der Waals surface area contributed by atoms with Gasteiger partial charge in [-0.2, -0.15) is 0 Å². The second-order valence-corrected chi connectivity index (χ2v) is 6.29. The summed E-state index contributed by atoms with van der Waals surface area (Å²) in [5.74, 6) is -0.642. The van der Waals surface area contributed by atoms with Crippen molar-refractivity contribution in [2.45, 2.75) is 31.1 Å². The highest BCUT2D eigenvalue weighted by Crippen LogP contribution is 2.26. The number of halogens is 4. The molecule has 1 aromatic rings. The van der Waals surface area contributed by atoms with E-state index in [9.17, 15) is 18.0 Å². The average Bonchev–Trinajstić information content (AvgIpc) is 2.24. The fraction of sp³-hybridized carbons (Fsp3) is 0.417. The molecule has 0 spiro atoms. The van der Waals surface area contributed by atoms with Crippen molar-refractivity contribution in [3.05, 3.63) is 29.8 Å². The monoisotopic (exact) mass is 339 g/mol. The molecule has 1 amide bonds. The zero-order valence-corrected chi connectivity index (χ0v) is 11.9. The van der Waals surface area contributed by atoms with E-state index in [1.165, 1.54) is 18.2 Å². The summed E-state index contributed by atoms with van der Waals surface area (Å²) in [4.78, 5) is 11.6. The van der Waals surface area contributed by atoms with E-state index < -0.39 is 10.7 Å². The Hall–Kier alpha value is -1.24. The lowest BCUT2D eigenvalue weighted by atomic mass is 10.1. The van der Waals surface area contributed by atoms with Gasteiger partial charge in [0, 0.05) is 12.1 Å². The van der Waals surface area contributed by atoms with Crippen molar-refractivity contribution in [1.82, 2.24) is 5.32 Å². The molecular formula is C12H13BrF3NO2. The molecule has 0 aliphatic heterocycles. The van der Waals surface area contributed by atoms with Crippen LogP contribution in [0.4, 0.5) is 13.2 Å². The van der Waals surface area contributed by atoms with Gasteiger partial charge in [-0.3, -0.25) is 4.79 Å². The lowest BCUT2D eigenvalue weighted by Crippen LogP contribution is -2.37. The Bertz CT molecular complexity index is 455. The molecule has 0 saturated carbocycles. The van der Waals surface area contributed by atoms with Gasteiger partial charge in [0.2, 0.25) is 5.91 Å². The molecular weight excluding hydrogens is 327 g/mol. The number of hydrogen-bond donors (Lipinski definition) is 1. The molecule has 0 saturated heterocycles. The first-order valence-electron chi connectivity index (χ1n) is 5.40. The van der Waals surface area contributed by atoms with Crippen molar-refractivity contribution >= 4 is 21.8 Å². The molecule has 1 rings (SSSR count). The van der Waals surface area contributed by atoms with Gasteiger partial charge in [-0.05, 0) is 19.9 Å². The molecule has 0 bridgehead atoms. The first kappa shape index (κ1) is 15.8. The van der Waals surface area contributed by atoms with E-state index in [4.69, 9.17) is 0 Å². The smallest absolute Gasteiger partial charge is 0.405 e. The fourth-order valence-corrected chi connectivity index (χ4v) is 1.40. The maximum Gasteiger partial charge on any atom is 0.573 e. The second kappa shape index (κ2) is 5.81.